The van der Waals surface area contributed by atoms with Gasteiger partial charge in [-0.15, -0.1) is 0 Å². The Balaban J connectivity index is 1.65. The summed E-state index contributed by atoms with van der Waals surface area (Å²) in [6.07, 6.45) is 0. The fraction of sp³-hybridized carbons (Fsp3) is 0.0345. The highest BCUT2D eigenvalue weighted by Crippen LogP contribution is 2.34. The summed E-state index contributed by atoms with van der Waals surface area (Å²) in [7, 11) is 1.69. The fourth-order valence-corrected chi connectivity index (χ4v) is 4.30. The summed E-state index contributed by atoms with van der Waals surface area (Å²) in [5.74, 6) is 1.58. The van der Waals surface area contributed by atoms with Crippen LogP contribution < -0.4 is 4.74 Å². The highest BCUT2D eigenvalue weighted by Gasteiger charge is 2.14. The third-order valence-corrected chi connectivity index (χ3v) is 5.94. The molecule has 0 amide bonds. The summed E-state index contributed by atoms with van der Waals surface area (Å²) in [6.45, 7) is 0. The quantitative estimate of drug-likeness (QED) is 0.287. The van der Waals surface area contributed by atoms with Gasteiger partial charge in [0.2, 0.25) is 0 Å². The number of nitrogens with zero attached hydrogens (tertiary/aromatic N) is 2. The second kappa shape index (κ2) is 7.47. The third kappa shape index (κ3) is 3.07. The Morgan fingerprint density at radius 2 is 1.31 bits per heavy atom. The summed E-state index contributed by atoms with van der Waals surface area (Å²) < 4.78 is 5.37. The van der Waals surface area contributed by atoms with Crippen LogP contribution in [0.3, 0.4) is 0 Å². The van der Waals surface area contributed by atoms with Gasteiger partial charge in [0.05, 0.1) is 18.3 Å². The average Bonchev–Trinajstić information content (AvgIpc) is 2.87. The molecule has 0 aliphatic rings. The van der Waals surface area contributed by atoms with E-state index in [2.05, 4.69) is 72.8 Å². The molecule has 0 saturated heterocycles. The molecule has 0 spiro atoms. The molecule has 0 atom stereocenters. The van der Waals surface area contributed by atoms with Gasteiger partial charge in [0.15, 0.2) is 5.82 Å². The third-order valence-electron chi connectivity index (χ3n) is 5.94. The maximum absolute atomic E-state index is 5.37. The molecule has 3 heteroatoms. The Kier molecular flexibility index (Phi) is 4.32. The van der Waals surface area contributed by atoms with Crippen LogP contribution in [0.15, 0.2) is 103 Å². The van der Waals surface area contributed by atoms with E-state index in [1.807, 2.05) is 30.3 Å². The molecule has 32 heavy (non-hydrogen) atoms. The SMILES string of the molecule is COc1ccc2cc(-c3nc(-c4ccccc4)c4ccc5ccccc5c4n3)ccc2c1. The van der Waals surface area contributed by atoms with Crippen LogP contribution in [0.5, 0.6) is 5.75 Å². The number of benzene rings is 5. The molecule has 0 radical (unpaired) electrons. The van der Waals surface area contributed by atoms with Crippen molar-refractivity contribution in [3.05, 3.63) is 103 Å². The van der Waals surface area contributed by atoms with Crippen LogP contribution in [-0.2, 0) is 0 Å². The van der Waals surface area contributed by atoms with Crippen molar-refractivity contribution < 1.29 is 4.74 Å². The molecule has 6 rings (SSSR count). The Labute approximate surface area is 186 Å². The first kappa shape index (κ1) is 18.5. The van der Waals surface area contributed by atoms with Gasteiger partial charge in [-0.25, -0.2) is 9.97 Å². The zero-order valence-electron chi connectivity index (χ0n) is 17.6. The summed E-state index contributed by atoms with van der Waals surface area (Å²) in [4.78, 5) is 10.1. The van der Waals surface area contributed by atoms with Crippen LogP contribution in [0.1, 0.15) is 0 Å². The van der Waals surface area contributed by atoms with E-state index in [1.54, 1.807) is 7.11 Å². The van der Waals surface area contributed by atoms with Crippen molar-refractivity contribution in [3.8, 4) is 28.4 Å². The van der Waals surface area contributed by atoms with Crippen LogP contribution in [0.25, 0.3) is 55.1 Å². The van der Waals surface area contributed by atoms with E-state index in [0.29, 0.717) is 0 Å². The highest BCUT2D eigenvalue weighted by atomic mass is 16.5. The molecule has 0 saturated carbocycles. The van der Waals surface area contributed by atoms with E-state index in [9.17, 15) is 0 Å². The van der Waals surface area contributed by atoms with Crippen molar-refractivity contribution in [1.82, 2.24) is 9.97 Å². The molecule has 0 aliphatic carbocycles. The second-order valence-electron chi connectivity index (χ2n) is 7.87. The zero-order chi connectivity index (χ0) is 21.5. The lowest BCUT2D eigenvalue weighted by atomic mass is 10.0. The van der Waals surface area contributed by atoms with Gasteiger partial charge in [-0.05, 0) is 40.4 Å². The van der Waals surface area contributed by atoms with Crippen molar-refractivity contribution in [1.29, 1.82) is 0 Å². The number of aromatic nitrogens is 2. The van der Waals surface area contributed by atoms with Gasteiger partial charge < -0.3 is 4.74 Å². The summed E-state index contributed by atoms with van der Waals surface area (Å²) >= 11 is 0. The molecule has 0 bridgehead atoms. The average molecular weight is 412 g/mol. The molecule has 3 nitrogen and oxygen atoms in total. The predicted molar refractivity (Wildman–Crippen MR) is 132 cm³/mol. The van der Waals surface area contributed by atoms with Crippen molar-refractivity contribution in [3.63, 3.8) is 0 Å². The lowest BCUT2D eigenvalue weighted by Gasteiger charge is -2.12. The van der Waals surface area contributed by atoms with Crippen molar-refractivity contribution in [2.75, 3.05) is 7.11 Å². The molecule has 0 N–H and O–H groups in total. The minimum atomic E-state index is 0.727. The van der Waals surface area contributed by atoms with Gasteiger partial charge >= 0.3 is 0 Å². The fourth-order valence-electron chi connectivity index (χ4n) is 4.30. The van der Waals surface area contributed by atoms with Crippen LogP contribution in [0, 0.1) is 0 Å². The number of hydrogen-bond acceptors (Lipinski definition) is 3. The number of fused-ring (bicyclic) bond motifs is 4. The first-order valence-corrected chi connectivity index (χ1v) is 10.6. The van der Waals surface area contributed by atoms with Crippen LogP contribution >= 0.6 is 0 Å². The van der Waals surface area contributed by atoms with Gasteiger partial charge in [-0.3, -0.25) is 0 Å². The zero-order valence-corrected chi connectivity index (χ0v) is 17.6. The smallest absolute Gasteiger partial charge is 0.160 e. The molecule has 0 aliphatic heterocycles. The van der Waals surface area contributed by atoms with Gasteiger partial charge in [0.25, 0.3) is 0 Å². The molecule has 0 unspecified atom stereocenters. The minimum Gasteiger partial charge on any atom is -0.497 e. The van der Waals surface area contributed by atoms with Gasteiger partial charge in [-0.1, -0.05) is 78.9 Å². The Bertz CT molecular complexity index is 1610. The number of methoxy groups -OCH3 is 1. The van der Waals surface area contributed by atoms with E-state index in [-0.39, 0.29) is 0 Å². The maximum atomic E-state index is 5.37. The van der Waals surface area contributed by atoms with Crippen LogP contribution in [-0.4, -0.2) is 17.1 Å². The molecule has 152 valence electrons. The number of hydrogen-bond donors (Lipinski definition) is 0. The molecular formula is C29H20N2O. The second-order valence-corrected chi connectivity index (χ2v) is 7.87. The topological polar surface area (TPSA) is 35.0 Å². The van der Waals surface area contributed by atoms with Gasteiger partial charge in [0.1, 0.15) is 5.75 Å². The number of ether oxygens (including phenoxy) is 1. The molecule has 6 aromatic rings. The van der Waals surface area contributed by atoms with Crippen molar-refractivity contribution in [2.45, 2.75) is 0 Å². The maximum Gasteiger partial charge on any atom is 0.160 e. The molecule has 1 heterocycles. The number of rotatable bonds is 3. The highest BCUT2D eigenvalue weighted by molar-refractivity contribution is 6.09. The van der Waals surface area contributed by atoms with Crippen LogP contribution in [0.2, 0.25) is 0 Å². The first-order chi connectivity index (χ1) is 15.8. The lowest BCUT2D eigenvalue weighted by Crippen LogP contribution is -1.96. The Hall–Kier alpha value is -4.24. The molecule has 5 aromatic carbocycles. The van der Waals surface area contributed by atoms with Crippen LogP contribution in [0.4, 0.5) is 0 Å². The van der Waals surface area contributed by atoms with E-state index in [1.165, 1.54) is 5.39 Å². The minimum absolute atomic E-state index is 0.727. The normalized spacial score (nSPS) is 11.3. The van der Waals surface area contributed by atoms with Crippen molar-refractivity contribution >= 4 is 32.4 Å². The monoisotopic (exact) mass is 412 g/mol. The first-order valence-electron chi connectivity index (χ1n) is 10.6. The molecule has 1 aromatic heterocycles. The van der Waals surface area contributed by atoms with E-state index in [0.717, 1.165) is 55.5 Å². The summed E-state index contributed by atoms with van der Waals surface area (Å²) in [6, 6.07) is 35.4. The Morgan fingerprint density at radius 1 is 0.562 bits per heavy atom. The van der Waals surface area contributed by atoms with Gasteiger partial charge in [0, 0.05) is 21.9 Å². The van der Waals surface area contributed by atoms with E-state index >= 15 is 0 Å². The van der Waals surface area contributed by atoms with E-state index in [4.69, 9.17) is 14.7 Å². The Morgan fingerprint density at radius 3 is 2.19 bits per heavy atom. The standard InChI is InChI=1S/C29H20N2O/c1-32-24-15-13-21-17-23(12-11-22(21)18-24)29-30-27(20-8-3-2-4-9-20)26-16-14-19-7-5-6-10-25(19)28(26)31-29/h2-18H,1H3. The largest absolute Gasteiger partial charge is 0.497 e. The van der Waals surface area contributed by atoms with Gasteiger partial charge in [-0.2, -0.15) is 0 Å². The predicted octanol–water partition coefficient (Wildman–Crippen LogP) is 7.28. The van der Waals surface area contributed by atoms with E-state index < -0.39 is 0 Å². The summed E-state index contributed by atoms with van der Waals surface area (Å²) in [5, 5.41) is 5.63. The van der Waals surface area contributed by atoms with Crippen molar-refractivity contribution in [2.24, 2.45) is 0 Å². The molecule has 0 fully saturated rings. The lowest BCUT2D eigenvalue weighted by molar-refractivity contribution is 0.415. The molecular weight excluding hydrogens is 392 g/mol. The summed E-state index contributed by atoms with van der Waals surface area (Å²) in [5.41, 5.74) is 4.00.